The largest absolute Gasteiger partial charge is 0.377 e. The van der Waals surface area contributed by atoms with Crippen molar-refractivity contribution in [2.45, 2.75) is 32.7 Å². The molecule has 1 fully saturated rings. The minimum absolute atomic E-state index is 0.0201. The second-order valence-corrected chi connectivity index (χ2v) is 6.04. The summed E-state index contributed by atoms with van der Waals surface area (Å²) in [6.45, 7) is 5.61. The first-order chi connectivity index (χ1) is 11.6. The van der Waals surface area contributed by atoms with Gasteiger partial charge in [-0.3, -0.25) is 19.7 Å². The van der Waals surface area contributed by atoms with Gasteiger partial charge in [-0.25, -0.2) is 0 Å². The van der Waals surface area contributed by atoms with Crippen molar-refractivity contribution in [2.75, 3.05) is 19.8 Å². The highest BCUT2D eigenvalue weighted by Gasteiger charge is 2.28. The van der Waals surface area contributed by atoms with Crippen LogP contribution in [0.15, 0.2) is 30.7 Å². The normalized spacial score (nSPS) is 17.8. The average molecular weight is 326 g/mol. The lowest BCUT2D eigenvalue weighted by Gasteiger charge is -2.35. The summed E-state index contributed by atoms with van der Waals surface area (Å²) in [7, 11) is 0. The van der Waals surface area contributed by atoms with E-state index in [1.807, 2.05) is 30.9 Å². The number of carbonyl (C=O) groups excluding carboxylic acids is 1. The van der Waals surface area contributed by atoms with Gasteiger partial charge in [0.05, 0.1) is 36.2 Å². The van der Waals surface area contributed by atoms with Crippen LogP contribution in [0.5, 0.6) is 0 Å². The summed E-state index contributed by atoms with van der Waals surface area (Å²) >= 11 is 0. The van der Waals surface area contributed by atoms with E-state index in [1.54, 1.807) is 18.6 Å². The van der Waals surface area contributed by atoms with Crippen LogP contribution in [0, 0.1) is 13.8 Å². The van der Waals surface area contributed by atoms with Crippen LogP contribution in [0.4, 0.5) is 0 Å². The molecular weight excluding hydrogens is 304 g/mol. The molecular formula is C18H22N4O2. The lowest BCUT2D eigenvalue weighted by atomic mass is 10.0. The minimum Gasteiger partial charge on any atom is -0.377 e. The van der Waals surface area contributed by atoms with Crippen LogP contribution < -0.4 is 0 Å². The van der Waals surface area contributed by atoms with E-state index in [9.17, 15) is 4.79 Å². The molecule has 1 atom stereocenters. The predicted octanol–water partition coefficient (Wildman–Crippen LogP) is 1.96. The third kappa shape index (κ3) is 3.76. The number of morpholine rings is 1. The quantitative estimate of drug-likeness (QED) is 0.859. The van der Waals surface area contributed by atoms with Crippen molar-refractivity contribution in [1.82, 2.24) is 19.9 Å². The number of rotatable bonds is 4. The molecule has 0 aromatic carbocycles. The molecule has 24 heavy (non-hydrogen) atoms. The average Bonchev–Trinajstić information content (AvgIpc) is 2.61. The van der Waals surface area contributed by atoms with Gasteiger partial charge < -0.3 is 9.64 Å². The molecule has 0 N–H and O–H groups in total. The highest BCUT2D eigenvalue weighted by atomic mass is 16.5. The second-order valence-electron chi connectivity index (χ2n) is 6.04. The molecule has 1 amide bonds. The molecule has 2 aromatic rings. The van der Waals surface area contributed by atoms with Gasteiger partial charge in [0, 0.05) is 30.8 Å². The molecule has 3 rings (SSSR count). The SMILES string of the molecule is Cc1ccc(C(=O)N2CCOC[C@@H]2CCc2nccnc2C)cn1. The van der Waals surface area contributed by atoms with Gasteiger partial charge in [-0.2, -0.15) is 0 Å². The molecule has 6 nitrogen and oxygen atoms in total. The minimum atomic E-state index is 0.0201. The van der Waals surface area contributed by atoms with Gasteiger partial charge in [0.25, 0.3) is 5.91 Å². The summed E-state index contributed by atoms with van der Waals surface area (Å²) in [5.74, 6) is 0.0201. The third-order valence-corrected chi connectivity index (χ3v) is 4.34. The van der Waals surface area contributed by atoms with Crippen molar-refractivity contribution in [3.63, 3.8) is 0 Å². The Balaban J connectivity index is 1.70. The van der Waals surface area contributed by atoms with Crippen molar-refractivity contribution in [3.8, 4) is 0 Å². The highest BCUT2D eigenvalue weighted by molar-refractivity contribution is 5.94. The van der Waals surface area contributed by atoms with Gasteiger partial charge in [-0.05, 0) is 38.8 Å². The summed E-state index contributed by atoms with van der Waals surface area (Å²) < 4.78 is 5.59. The fraction of sp³-hybridized carbons (Fsp3) is 0.444. The smallest absolute Gasteiger partial charge is 0.255 e. The summed E-state index contributed by atoms with van der Waals surface area (Å²) in [4.78, 5) is 27.6. The number of aromatic nitrogens is 3. The van der Waals surface area contributed by atoms with E-state index < -0.39 is 0 Å². The predicted molar refractivity (Wildman–Crippen MR) is 89.7 cm³/mol. The molecule has 0 unspecified atom stereocenters. The fourth-order valence-electron chi connectivity index (χ4n) is 2.91. The fourth-order valence-corrected chi connectivity index (χ4v) is 2.91. The number of pyridine rings is 1. The van der Waals surface area contributed by atoms with E-state index in [0.29, 0.717) is 25.3 Å². The Morgan fingerprint density at radius 2 is 2.08 bits per heavy atom. The molecule has 0 saturated carbocycles. The van der Waals surface area contributed by atoms with E-state index in [4.69, 9.17) is 4.74 Å². The van der Waals surface area contributed by atoms with E-state index >= 15 is 0 Å². The Bertz CT molecular complexity index is 702. The Labute approximate surface area is 141 Å². The first-order valence-electron chi connectivity index (χ1n) is 8.23. The standard InChI is InChI=1S/C18H22N4O2/c1-13-3-4-15(11-21-13)18(23)22-9-10-24-12-16(22)5-6-17-14(2)19-7-8-20-17/h3-4,7-8,11,16H,5-6,9-10,12H2,1-2H3/t16-/m0/s1. The zero-order valence-electron chi connectivity index (χ0n) is 14.1. The number of aryl methyl sites for hydroxylation is 3. The summed E-state index contributed by atoms with van der Waals surface area (Å²) in [5.41, 5.74) is 3.45. The summed E-state index contributed by atoms with van der Waals surface area (Å²) in [5, 5.41) is 0. The topological polar surface area (TPSA) is 68.2 Å². The zero-order chi connectivity index (χ0) is 16.9. The zero-order valence-corrected chi connectivity index (χ0v) is 14.1. The number of hydrogen-bond donors (Lipinski definition) is 0. The number of ether oxygens (including phenoxy) is 1. The van der Waals surface area contributed by atoms with Crippen molar-refractivity contribution < 1.29 is 9.53 Å². The molecule has 0 spiro atoms. The second kappa shape index (κ2) is 7.49. The van der Waals surface area contributed by atoms with Crippen molar-refractivity contribution in [3.05, 3.63) is 53.4 Å². The Morgan fingerprint density at radius 3 is 2.83 bits per heavy atom. The maximum absolute atomic E-state index is 12.8. The van der Waals surface area contributed by atoms with Crippen LogP contribution in [0.2, 0.25) is 0 Å². The van der Waals surface area contributed by atoms with Gasteiger partial charge in [0.2, 0.25) is 0 Å². The highest BCUT2D eigenvalue weighted by Crippen LogP contribution is 2.17. The van der Waals surface area contributed by atoms with Gasteiger partial charge in [-0.15, -0.1) is 0 Å². The Morgan fingerprint density at radius 1 is 1.25 bits per heavy atom. The van der Waals surface area contributed by atoms with Crippen LogP contribution in [0.25, 0.3) is 0 Å². The number of carbonyl (C=O) groups is 1. The number of nitrogens with zero attached hydrogens (tertiary/aromatic N) is 4. The van der Waals surface area contributed by atoms with E-state index in [-0.39, 0.29) is 11.9 Å². The molecule has 1 aliphatic heterocycles. The molecule has 1 aliphatic rings. The molecule has 0 bridgehead atoms. The van der Waals surface area contributed by atoms with Crippen molar-refractivity contribution >= 4 is 5.91 Å². The Kier molecular flexibility index (Phi) is 5.15. The number of amides is 1. The molecule has 0 radical (unpaired) electrons. The van der Waals surface area contributed by atoms with Gasteiger partial charge in [-0.1, -0.05) is 0 Å². The van der Waals surface area contributed by atoms with Crippen molar-refractivity contribution in [2.24, 2.45) is 0 Å². The summed E-state index contributed by atoms with van der Waals surface area (Å²) in [6.07, 6.45) is 6.65. The molecule has 6 heteroatoms. The molecule has 126 valence electrons. The van der Waals surface area contributed by atoms with Crippen LogP contribution >= 0.6 is 0 Å². The maximum atomic E-state index is 12.8. The Hall–Kier alpha value is -2.34. The molecule has 2 aromatic heterocycles. The van der Waals surface area contributed by atoms with Crippen LogP contribution in [-0.2, 0) is 11.2 Å². The monoisotopic (exact) mass is 326 g/mol. The molecule has 3 heterocycles. The number of hydrogen-bond acceptors (Lipinski definition) is 5. The van der Waals surface area contributed by atoms with Crippen LogP contribution in [0.3, 0.4) is 0 Å². The van der Waals surface area contributed by atoms with Gasteiger partial charge in [0.15, 0.2) is 0 Å². The first kappa shape index (κ1) is 16.5. The van der Waals surface area contributed by atoms with E-state index in [1.165, 1.54) is 0 Å². The van der Waals surface area contributed by atoms with Crippen LogP contribution in [0.1, 0.15) is 33.9 Å². The summed E-state index contributed by atoms with van der Waals surface area (Å²) in [6, 6.07) is 3.75. The van der Waals surface area contributed by atoms with Crippen molar-refractivity contribution in [1.29, 1.82) is 0 Å². The lowest BCUT2D eigenvalue weighted by Crippen LogP contribution is -2.49. The molecule has 0 aliphatic carbocycles. The third-order valence-electron chi connectivity index (χ3n) is 4.34. The van der Waals surface area contributed by atoms with Gasteiger partial charge in [0.1, 0.15) is 0 Å². The van der Waals surface area contributed by atoms with E-state index in [0.717, 1.165) is 29.9 Å². The maximum Gasteiger partial charge on any atom is 0.255 e. The first-order valence-corrected chi connectivity index (χ1v) is 8.23. The molecule has 1 saturated heterocycles. The lowest BCUT2D eigenvalue weighted by molar-refractivity contribution is -0.00416. The van der Waals surface area contributed by atoms with E-state index in [2.05, 4.69) is 15.0 Å². The van der Waals surface area contributed by atoms with Crippen LogP contribution in [-0.4, -0.2) is 51.6 Å². The van der Waals surface area contributed by atoms with Gasteiger partial charge >= 0.3 is 0 Å².